The Bertz CT molecular complexity index is 2550. The van der Waals surface area contributed by atoms with Gasteiger partial charge in [0.25, 0.3) is 0 Å². The highest BCUT2D eigenvalue weighted by molar-refractivity contribution is 14.1. The first kappa shape index (κ1) is 48.0. The molecule has 0 aliphatic carbocycles. The summed E-state index contributed by atoms with van der Waals surface area (Å²) >= 11 is 17.2. The van der Waals surface area contributed by atoms with Gasteiger partial charge in [-0.2, -0.15) is 0 Å². The molecular weight excluding hydrogens is 1060 g/mol. The first-order valence-electron chi connectivity index (χ1n) is 19.1. The summed E-state index contributed by atoms with van der Waals surface area (Å²) in [6.45, 7) is 32.9. The van der Waals surface area contributed by atoms with Crippen molar-refractivity contribution >= 4 is 99.5 Å². The summed E-state index contributed by atoms with van der Waals surface area (Å²) in [4.78, 5) is 6.88. The third-order valence-electron chi connectivity index (χ3n) is 10.4. The summed E-state index contributed by atoms with van der Waals surface area (Å²) in [5, 5.41) is 34.7. The van der Waals surface area contributed by atoms with Gasteiger partial charge in [0.1, 0.15) is 12.1 Å². The third kappa shape index (κ3) is 11.7. The average molecular weight is 1100 g/mol. The van der Waals surface area contributed by atoms with E-state index in [0.717, 1.165) is 29.5 Å². The molecule has 318 valence electrons. The van der Waals surface area contributed by atoms with Crippen molar-refractivity contribution in [3.05, 3.63) is 136 Å². The van der Waals surface area contributed by atoms with Gasteiger partial charge in [-0.25, -0.2) is 9.69 Å². The third-order valence-corrected chi connectivity index (χ3v) is 17.4. The fourth-order valence-electron chi connectivity index (χ4n) is 5.78. The van der Waals surface area contributed by atoms with E-state index in [2.05, 4.69) is 120 Å². The SMILES string of the molecule is [C-]#[N+]c1ccc(N[C@@H](c2nnc(-c3ccc(I)cc3)o2)[C@H](C)O)c(C)c1Cl.[C-]#[N+]c1ccc(N[C@@H](c2nnc(-c3ccc(I)cc3)o2)[C@H](C)O[Si](C)(C)C(C)(C)C)c(C)c1Cl. The second kappa shape index (κ2) is 20.4. The second-order valence-corrected chi connectivity index (χ2v) is 23.8. The fraction of sp³-hybridized carbons (Fsp3) is 0.318. The summed E-state index contributed by atoms with van der Waals surface area (Å²) in [7, 11) is -2.08. The van der Waals surface area contributed by atoms with Crippen molar-refractivity contribution in [2.45, 2.75) is 90.9 Å². The summed E-state index contributed by atoms with van der Waals surface area (Å²) in [5.41, 5.74) is 5.45. The predicted octanol–water partition coefficient (Wildman–Crippen LogP) is 13.8. The van der Waals surface area contributed by atoms with Crippen molar-refractivity contribution in [1.29, 1.82) is 0 Å². The van der Waals surface area contributed by atoms with Crippen molar-refractivity contribution in [3.63, 3.8) is 0 Å². The number of benzene rings is 4. The standard InChI is InChI=1S/C25H30ClIN4O2Si.C19H16ClIN4O2/c1-15-19(13-14-20(28-6)21(15)26)29-22(16(2)33-34(7,8)25(3,4)5)24-31-30-23(32-24)17-9-11-18(27)12-10-17;1-10-14(8-9-15(22-3)16(10)20)23-17(11(2)26)19-25-24-18(27-19)12-4-6-13(21)7-5-12/h9-14,16,22,29H,1-5,7-8H3;4-9,11,17,23,26H,1-2H3/t16-,22+;11-,17+/m00/s1. The van der Waals surface area contributed by atoms with Gasteiger partial charge in [-0.05, 0) is 163 Å². The van der Waals surface area contributed by atoms with Crippen LogP contribution >= 0.6 is 68.4 Å². The zero-order valence-electron chi connectivity index (χ0n) is 35.1. The molecule has 0 saturated carbocycles. The number of rotatable bonds is 12. The van der Waals surface area contributed by atoms with Gasteiger partial charge in [-0.1, -0.05) is 56.1 Å². The van der Waals surface area contributed by atoms with E-state index in [4.69, 9.17) is 49.6 Å². The molecule has 3 N–H and O–H groups in total. The predicted molar refractivity (Wildman–Crippen MR) is 262 cm³/mol. The lowest BCUT2D eigenvalue weighted by Gasteiger charge is -2.40. The number of hydrogen-bond donors (Lipinski definition) is 3. The maximum Gasteiger partial charge on any atom is 0.247 e. The molecule has 6 rings (SSSR count). The molecule has 0 bridgehead atoms. The normalized spacial score (nSPS) is 13.5. The average Bonchev–Trinajstić information content (AvgIpc) is 3.90. The van der Waals surface area contributed by atoms with Crippen LogP contribution in [0.3, 0.4) is 0 Å². The van der Waals surface area contributed by atoms with Crippen molar-refractivity contribution in [1.82, 2.24) is 20.4 Å². The van der Waals surface area contributed by atoms with Crippen LogP contribution < -0.4 is 10.6 Å². The Morgan fingerprint density at radius 1 is 0.689 bits per heavy atom. The van der Waals surface area contributed by atoms with Gasteiger partial charge in [0.2, 0.25) is 34.9 Å². The van der Waals surface area contributed by atoms with Crippen molar-refractivity contribution in [3.8, 4) is 22.9 Å². The van der Waals surface area contributed by atoms with Gasteiger partial charge in [0, 0.05) is 29.6 Å². The van der Waals surface area contributed by atoms with E-state index < -0.39 is 26.5 Å². The lowest BCUT2D eigenvalue weighted by atomic mass is 10.1. The molecule has 17 heteroatoms. The van der Waals surface area contributed by atoms with E-state index in [0.29, 0.717) is 50.3 Å². The topological polar surface area (TPSA) is 140 Å². The quantitative estimate of drug-likeness (QED) is 0.0616. The maximum atomic E-state index is 10.2. The Balaban J connectivity index is 0.000000237. The van der Waals surface area contributed by atoms with Gasteiger partial charge in [0.05, 0.1) is 35.4 Å². The summed E-state index contributed by atoms with van der Waals surface area (Å²) in [6.07, 6.45) is -1.06. The lowest BCUT2D eigenvalue weighted by Crippen LogP contribution is -2.45. The van der Waals surface area contributed by atoms with Crippen LogP contribution in [0.15, 0.2) is 81.6 Å². The van der Waals surface area contributed by atoms with Crippen LogP contribution in [-0.4, -0.2) is 46.0 Å². The summed E-state index contributed by atoms with van der Waals surface area (Å²) in [5.74, 6) is 1.54. The Morgan fingerprint density at radius 2 is 1.08 bits per heavy atom. The minimum Gasteiger partial charge on any atom is -0.418 e. The molecule has 12 nitrogen and oxygen atoms in total. The first-order valence-corrected chi connectivity index (χ1v) is 25.0. The number of nitrogens with zero attached hydrogens (tertiary/aromatic N) is 6. The van der Waals surface area contributed by atoms with Gasteiger partial charge < -0.3 is 29.0 Å². The van der Waals surface area contributed by atoms with Crippen LogP contribution in [0.1, 0.15) is 69.6 Å². The molecule has 0 fully saturated rings. The van der Waals surface area contributed by atoms with Gasteiger partial charge in [-0.15, -0.1) is 20.4 Å². The molecule has 0 amide bonds. The van der Waals surface area contributed by atoms with Crippen LogP contribution in [0.25, 0.3) is 32.6 Å². The zero-order valence-corrected chi connectivity index (χ0v) is 41.9. The van der Waals surface area contributed by atoms with E-state index >= 15 is 0 Å². The number of nitrogens with one attached hydrogen (secondary N) is 2. The van der Waals surface area contributed by atoms with Gasteiger partial charge >= 0.3 is 0 Å². The number of aliphatic hydroxyl groups excluding tert-OH is 1. The number of anilines is 2. The smallest absolute Gasteiger partial charge is 0.247 e. The first-order chi connectivity index (χ1) is 28.7. The monoisotopic (exact) mass is 1100 g/mol. The van der Waals surface area contributed by atoms with E-state index in [1.165, 1.54) is 0 Å². The molecule has 0 radical (unpaired) electrons. The van der Waals surface area contributed by atoms with Crippen LogP contribution in [-0.2, 0) is 4.43 Å². The Hall–Kier alpha value is -4.08. The number of aromatic nitrogens is 4. The van der Waals surface area contributed by atoms with Crippen LogP contribution in [0, 0.1) is 34.1 Å². The fourth-order valence-corrected chi connectivity index (χ4v) is 8.33. The molecule has 2 aromatic heterocycles. The maximum absolute atomic E-state index is 10.2. The lowest BCUT2D eigenvalue weighted by molar-refractivity contribution is 0.159. The molecule has 0 saturated heterocycles. The van der Waals surface area contributed by atoms with E-state index in [1.807, 2.05) is 75.4 Å². The molecule has 61 heavy (non-hydrogen) atoms. The van der Waals surface area contributed by atoms with Crippen molar-refractivity contribution < 1.29 is 18.4 Å². The molecule has 0 spiro atoms. The Morgan fingerprint density at radius 3 is 1.46 bits per heavy atom. The number of halogens is 4. The molecule has 4 aromatic carbocycles. The zero-order chi connectivity index (χ0) is 44.8. The largest absolute Gasteiger partial charge is 0.418 e. The molecule has 0 unspecified atom stereocenters. The van der Waals surface area contributed by atoms with E-state index in [9.17, 15) is 5.11 Å². The van der Waals surface area contributed by atoms with Gasteiger partial charge in [0.15, 0.2) is 8.32 Å². The number of aliphatic hydroxyl groups is 1. The van der Waals surface area contributed by atoms with E-state index in [1.54, 1.807) is 25.1 Å². The number of hydrogen-bond acceptors (Lipinski definition) is 10. The summed E-state index contributed by atoms with van der Waals surface area (Å²) in [6, 6.07) is 21.6. The van der Waals surface area contributed by atoms with Crippen molar-refractivity contribution in [2.24, 2.45) is 0 Å². The molecule has 6 aromatic rings. The highest BCUT2D eigenvalue weighted by Gasteiger charge is 2.41. The van der Waals surface area contributed by atoms with Crippen LogP contribution in [0.5, 0.6) is 0 Å². The molecule has 0 aliphatic heterocycles. The second-order valence-electron chi connectivity index (χ2n) is 15.8. The van der Waals surface area contributed by atoms with Gasteiger partial charge in [-0.3, -0.25) is 0 Å². The minimum absolute atomic E-state index is 0.0451. The highest BCUT2D eigenvalue weighted by atomic mass is 127. The minimum atomic E-state index is -2.08. The Labute approximate surface area is 395 Å². The van der Waals surface area contributed by atoms with Crippen LogP contribution in [0.2, 0.25) is 28.2 Å². The molecule has 0 aliphatic rings. The summed E-state index contributed by atoms with van der Waals surface area (Å²) < 4.78 is 20.9. The van der Waals surface area contributed by atoms with E-state index in [-0.39, 0.29) is 17.0 Å². The molecular formula is C44H46Cl2I2N8O4Si. The van der Waals surface area contributed by atoms with Crippen molar-refractivity contribution in [2.75, 3.05) is 10.6 Å². The highest BCUT2D eigenvalue weighted by Crippen LogP contribution is 2.41. The Kier molecular flexibility index (Phi) is 16.0. The van der Waals surface area contributed by atoms with Crippen LogP contribution in [0.4, 0.5) is 22.7 Å². The molecule has 2 heterocycles. The molecule has 4 atom stereocenters.